The molecule has 0 spiro atoms. The molecule has 0 aliphatic heterocycles. The van der Waals surface area contributed by atoms with Crippen LogP contribution in [0.25, 0.3) is 0 Å². The van der Waals surface area contributed by atoms with Crippen molar-refractivity contribution in [1.29, 1.82) is 0 Å². The Morgan fingerprint density at radius 2 is 2.06 bits per heavy atom. The van der Waals surface area contributed by atoms with E-state index in [1.54, 1.807) is 7.11 Å². The minimum Gasteiger partial charge on any atom is -0.383 e. The second-order valence-corrected chi connectivity index (χ2v) is 4.96. The second kappa shape index (κ2) is 8.48. The molecule has 0 saturated heterocycles. The van der Waals surface area contributed by atoms with Crippen LogP contribution in [0.3, 0.4) is 0 Å². The molecule has 0 aromatic heterocycles. The van der Waals surface area contributed by atoms with E-state index in [1.807, 2.05) is 0 Å². The molecule has 1 saturated carbocycles. The van der Waals surface area contributed by atoms with Gasteiger partial charge in [0.2, 0.25) is 5.91 Å². The zero-order valence-corrected chi connectivity index (χ0v) is 11.1. The standard InChI is InChI=1S/C13H26N2O2/c1-11-6-4-3-5-7-12(11)15-13(16)10-14-8-9-17-2/h11-12,14H,3-10H2,1-2H3,(H,15,16). The lowest BCUT2D eigenvalue weighted by atomic mass is 9.97. The highest BCUT2D eigenvalue weighted by molar-refractivity contribution is 5.78. The Morgan fingerprint density at radius 1 is 1.29 bits per heavy atom. The van der Waals surface area contributed by atoms with Crippen molar-refractivity contribution in [2.24, 2.45) is 5.92 Å². The van der Waals surface area contributed by atoms with E-state index in [-0.39, 0.29) is 5.91 Å². The molecular formula is C13H26N2O2. The van der Waals surface area contributed by atoms with Crippen LogP contribution in [0.1, 0.15) is 39.0 Å². The number of amides is 1. The Hall–Kier alpha value is -0.610. The van der Waals surface area contributed by atoms with Crippen molar-refractivity contribution in [2.75, 3.05) is 26.8 Å². The SMILES string of the molecule is COCCNCC(=O)NC1CCCCCC1C. The smallest absolute Gasteiger partial charge is 0.234 e. The van der Waals surface area contributed by atoms with Gasteiger partial charge in [0, 0.05) is 19.7 Å². The zero-order valence-electron chi connectivity index (χ0n) is 11.1. The number of ether oxygens (including phenoxy) is 1. The average molecular weight is 242 g/mol. The number of methoxy groups -OCH3 is 1. The first kappa shape index (κ1) is 14.5. The minimum absolute atomic E-state index is 0.111. The molecule has 2 atom stereocenters. The number of carbonyl (C=O) groups excluding carboxylic acids is 1. The molecule has 1 aliphatic rings. The molecule has 4 heteroatoms. The van der Waals surface area contributed by atoms with E-state index in [9.17, 15) is 4.79 Å². The Kier molecular flexibility index (Phi) is 7.21. The fourth-order valence-electron chi connectivity index (χ4n) is 2.34. The normalized spacial score (nSPS) is 25.3. The molecule has 2 N–H and O–H groups in total. The number of hydrogen-bond acceptors (Lipinski definition) is 3. The Balaban J connectivity index is 2.19. The molecule has 0 aromatic carbocycles. The number of carbonyl (C=O) groups is 1. The average Bonchev–Trinajstić information content (AvgIpc) is 2.51. The van der Waals surface area contributed by atoms with Crippen molar-refractivity contribution in [3.05, 3.63) is 0 Å². The maximum absolute atomic E-state index is 11.7. The van der Waals surface area contributed by atoms with Crippen LogP contribution in [0.2, 0.25) is 0 Å². The highest BCUT2D eigenvalue weighted by Gasteiger charge is 2.21. The molecule has 1 rings (SSSR count). The van der Waals surface area contributed by atoms with Gasteiger partial charge in [0.05, 0.1) is 13.2 Å². The summed E-state index contributed by atoms with van der Waals surface area (Å²) in [6, 6.07) is 0.370. The quantitative estimate of drug-likeness (QED) is 0.545. The van der Waals surface area contributed by atoms with E-state index >= 15 is 0 Å². The van der Waals surface area contributed by atoms with Crippen LogP contribution < -0.4 is 10.6 Å². The van der Waals surface area contributed by atoms with Crippen LogP contribution >= 0.6 is 0 Å². The molecule has 0 bridgehead atoms. The first-order valence-electron chi connectivity index (χ1n) is 6.73. The van der Waals surface area contributed by atoms with Crippen molar-refractivity contribution in [2.45, 2.75) is 45.1 Å². The van der Waals surface area contributed by atoms with Gasteiger partial charge in [0.15, 0.2) is 0 Å². The molecule has 100 valence electrons. The van der Waals surface area contributed by atoms with Gasteiger partial charge in [-0.25, -0.2) is 0 Å². The molecular weight excluding hydrogens is 216 g/mol. The Bertz CT molecular complexity index is 221. The van der Waals surface area contributed by atoms with E-state index in [0.29, 0.717) is 25.1 Å². The summed E-state index contributed by atoms with van der Waals surface area (Å²) in [5.41, 5.74) is 0. The van der Waals surface area contributed by atoms with Crippen LogP contribution in [0, 0.1) is 5.92 Å². The van der Waals surface area contributed by atoms with Crippen molar-refractivity contribution < 1.29 is 9.53 Å². The third-order valence-corrected chi connectivity index (χ3v) is 3.48. The van der Waals surface area contributed by atoms with Gasteiger partial charge in [0.25, 0.3) is 0 Å². The molecule has 2 unspecified atom stereocenters. The van der Waals surface area contributed by atoms with Gasteiger partial charge in [-0.3, -0.25) is 4.79 Å². The summed E-state index contributed by atoms with van der Waals surface area (Å²) in [5.74, 6) is 0.722. The number of nitrogens with one attached hydrogen (secondary N) is 2. The Morgan fingerprint density at radius 3 is 2.82 bits per heavy atom. The summed E-state index contributed by atoms with van der Waals surface area (Å²) >= 11 is 0. The molecule has 0 aromatic rings. The Labute approximate surface area is 104 Å². The van der Waals surface area contributed by atoms with Crippen LogP contribution in [0.4, 0.5) is 0 Å². The highest BCUT2D eigenvalue weighted by Crippen LogP contribution is 2.22. The lowest BCUT2D eigenvalue weighted by molar-refractivity contribution is -0.121. The summed E-state index contributed by atoms with van der Waals surface area (Å²) in [6.45, 7) is 4.01. The molecule has 4 nitrogen and oxygen atoms in total. The van der Waals surface area contributed by atoms with Gasteiger partial charge in [-0.1, -0.05) is 26.2 Å². The van der Waals surface area contributed by atoms with Crippen LogP contribution in [0.15, 0.2) is 0 Å². The fourth-order valence-corrected chi connectivity index (χ4v) is 2.34. The molecule has 1 aliphatic carbocycles. The third-order valence-electron chi connectivity index (χ3n) is 3.48. The van der Waals surface area contributed by atoms with Gasteiger partial charge in [0.1, 0.15) is 0 Å². The molecule has 0 heterocycles. The van der Waals surface area contributed by atoms with Gasteiger partial charge < -0.3 is 15.4 Å². The first-order valence-corrected chi connectivity index (χ1v) is 6.73. The van der Waals surface area contributed by atoms with Crippen molar-refractivity contribution in [3.63, 3.8) is 0 Å². The molecule has 0 radical (unpaired) electrons. The zero-order chi connectivity index (χ0) is 12.5. The van der Waals surface area contributed by atoms with E-state index in [1.165, 1.54) is 25.7 Å². The van der Waals surface area contributed by atoms with E-state index < -0.39 is 0 Å². The fraction of sp³-hybridized carbons (Fsp3) is 0.923. The lowest BCUT2D eigenvalue weighted by Crippen LogP contribution is -2.43. The number of hydrogen-bond donors (Lipinski definition) is 2. The van der Waals surface area contributed by atoms with Crippen molar-refractivity contribution in [1.82, 2.24) is 10.6 Å². The summed E-state index contributed by atoms with van der Waals surface area (Å²) in [7, 11) is 1.66. The second-order valence-electron chi connectivity index (χ2n) is 4.96. The van der Waals surface area contributed by atoms with Gasteiger partial charge in [-0.05, 0) is 18.8 Å². The van der Waals surface area contributed by atoms with E-state index in [4.69, 9.17) is 4.74 Å². The molecule has 1 amide bonds. The predicted molar refractivity (Wildman–Crippen MR) is 68.9 cm³/mol. The van der Waals surface area contributed by atoms with E-state index in [0.717, 1.165) is 13.0 Å². The van der Waals surface area contributed by atoms with Crippen molar-refractivity contribution in [3.8, 4) is 0 Å². The minimum atomic E-state index is 0.111. The van der Waals surface area contributed by atoms with Gasteiger partial charge >= 0.3 is 0 Å². The number of rotatable bonds is 6. The predicted octanol–water partition coefficient (Wildman–Crippen LogP) is 1.31. The lowest BCUT2D eigenvalue weighted by Gasteiger charge is -2.22. The largest absolute Gasteiger partial charge is 0.383 e. The van der Waals surface area contributed by atoms with Gasteiger partial charge in [-0.15, -0.1) is 0 Å². The van der Waals surface area contributed by atoms with Crippen LogP contribution in [0.5, 0.6) is 0 Å². The van der Waals surface area contributed by atoms with E-state index in [2.05, 4.69) is 17.6 Å². The van der Waals surface area contributed by atoms with Crippen molar-refractivity contribution >= 4 is 5.91 Å². The first-order chi connectivity index (χ1) is 8.24. The van der Waals surface area contributed by atoms with Crippen LogP contribution in [-0.4, -0.2) is 38.8 Å². The summed E-state index contributed by atoms with van der Waals surface area (Å²) < 4.78 is 4.91. The maximum atomic E-state index is 11.7. The summed E-state index contributed by atoms with van der Waals surface area (Å²) in [4.78, 5) is 11.7. The van der Waals surface area contributed by atoms with Gasteiger partial charge in [-0.2, -0.15) is 0 Å². The van der Waals surface area contributed by atoms with Crippen LogP contribution in [-0.2, 0) is 9.53 Å². The highest BCUT2D eigenvalue weighted by atomic mass is 16.5. The maximum Gasteiger partial charge on any atom is 0.234 e. The molecule has 1 fully saturated rings. The summed E-state index contributed by atoms with van der Waals surface area (Å²) in [6.07, 6.45) is 6.22. The third kappa shape index (κ3) is 6.03. The topological polar surface area (TPSA) is 50.4 Å². The molecule has 17 heavy (non-hydrogen) atoms. The summed E-state index contributed by atoms with van der Waals surface area (Å²) in [5, 5.41) is 6.21. The monoisotopic (exact) mass is 242 g/mol.